The lowest BCUT2D eigenvalue weighted by Gasteiger charge is -2.29. The van der Waals surface area contributed by atoms with E-state index in [0.29, 0.717) is 49.8 Å². The van der Waals surface area contributed by atoms with Crippen molar-refractivity contribution >= 4 is 23.0 Å². The van der Waals surface area contributed by atoms with Crippen LogP contribution >= 0.6 is 0 Å². The average Bonchev–Trinajstić information content (AvgIpc) is 3.29. The highest BCUT2D eigenvalue weighted by Gasteiger charge is 2.25. The van der Waals surface area contributed by atoms with Gasteiger partial charge in [0.2, 0.25) is 5.82 Å². The Labute approximate surface area is 208 Å². The van der Waals surface area contributed by atoms with Gasteiger partial charge in [-0.3, -0.25) is 9.36 Å². The summed E-state index contributed by atoms with van der Waals surface area (Å²) in [7, 11) is 0. The van der Waals surface area contributed by atoms with E-state index in [4.69, 9.17) is 15.9 Å². The summed E-state index contributed by atoms with van der Waals surface area (Å²) in [5.74, 6) is -1.24. The van der Waals surface area contributed by atoms with Crippen molar-refractivity contribution in [2.45, 2.75) is 20.8 Å². The van der Waals surface area contributed by atoms with Crippen molar-refractivity contribution < 1.29 is 19.0 Å². The Bertz CT molecular complexity index is 1300. The highest BCUT2D eigenvalue weighted by molar-refractivity contribution is 6.05. The number of ether oxygens (including phenoxy) is 1. The van der Waals surface area contributed by atoms with Crippen LogP contribution in [0, 0.1) is 17.1 Å². The summed E-state index contributed by atoms with van der Waals surface area (Å²) in [6, 6.07) is 7.52. The van der Waals surface area contributed by atoms with E-state index < -0.39 is 11.7 Å². The number of halogens is 1. The molecule has 36 heavy (non-hydrogen) atoms. The van der Waals surface area contributed by atoms with E-state index in [1.807, 2.05) is 18.7 Å². The number of carbonyl (C=O) groups is 1. The summed E-state index contributed by atoms with van der Waals surface area (Å²) >= 11 is 0. The lowest BCUT2D eigenvalue weighted by Crippen LogP contribution is -2.36. The SMILES string of the molecule is CCNC(=O)c1nnc(-c2cc(C(=N)C(C)C)c(N)cc2O)n1-c1ccc(N2CCOCC2)c(F)c1. The molecule has 0 bridgehead atoms. The number of morpholine rings is 1. The zero-order valence-electron chi connectivity index (χ0n) is 20.5. The van der Waals surface area contributed by atoms with Crippen molar-refractivity contribution in [3.8, 4) is 22.8 Å². The number of nitrogens with one attached hydrogen (secondary N) is 2. The van der Waals surface area contributed by atoms with Crippen LogP contribution in [0.15, 0.2) is 30.3 Å². The highest BCUT2D eigenvalue weighted by atomic mass is 19.1. The molecule has 0 radical (unpaired) electrons. The largest absolute Gasteiger partial charge is 0.507 e. The molecular formula is C25H30FN7O3. The molecule has 4 rings (SSSR count). The van der Waals surface area contributed by atoms with Crippen LogP contribution in [-0.2, 0) is 4.74 Å². The van der Waals surface area contributed by atoms with Gasteiger partial charge in [-0.05, 0) is 31.0 Å². The number of aromatic nitrogens is 3. The summed E-state index contributed by atoms with van der Waals surface area (Å²) in [6.07, 6.45) is 0. The van der Waals surface area contributed by atoms with Gasteiger partial charge in [-0.15, -0.1) is 10.2 Å². The van der Waals surface area contributed by atoms with E-state index in [-0.39, 0.29) is 40.3 Å². The quantitative estimate of drug-likeness (QED) is 0.292. The first-order chi connectivity index (χ1) is 17.2. The lowest BCUT2D eigenvalue weighted by atomic mass is 9.96. The minimum Gasteiger partial charge on any atom is -0.507 e. The second-order valence-electron chi connectivity index (χ2n) is 8.80. The number of rotatable bonds is 7. The third kappa shape index (κ3) is 4.74. The second kappa shape index (κ2) is 10.3. The zero-order valence-corrected chi connectivity index (χ0v) is 20.5. The van der Waals surface area contributed by atoms with Gasteiger partial charge >= 0.3 is 0 Å². The molecule has 2 aromatic carbocycles. The first kappa shape index (κ1) is 25.1. The number of nitrogens with two attached hydrogens (primary N) is 1. The van der Waals surface area contributed by atoms with Crippen molar-refractivity contribution in [3.05, 3.63) is 47.5 Å². The van der Waals surface area contributed by atoms with Gasteiger partial charge in [0.15, 0.2) is 5.82 Å². The van der Waals surface area contributed by atoms with Crippen molar-refractivity contribution in [2.24, 2.45) is 5.92 Å². The molecule has 2 heterocycles. The molecule has 10 nitrogen and oxygen atoms in total. The topological polar surface area (TPSA) is 142 Å². The monoisotopic (exact) mass is 495 g/mol. The van der Waals surface area contributed by atoms with Crippen molar-refractivity contribution in [2.75, 3.05) is 43.5 Å². The maximum Gasteiger partial charge on any atom is 0.289 e. The number of phenols is 1. The average molecular weight is 496 g/mol. The molecular weight excluding hydrogens is 465 g/mol. The van der Waals surface area contributed by atoms with Gasteiger partial charge in [0.05, 0.1) is 30.2 Å². The minimum absolute atomic E-state index is 0.0675. The van der Waals surface area contributed by atoms with Gasteiger partial charge in [-0.2, -0.15) is 0 Å². The van der Waals surface area contributed by atoms with Crippen LogP contribution < -0.4 is 16.0 Å². The van der Waals surface area contributed by atoms with E-state index in [1.54, 1.807) is 25.1 Å². The molecule has 0 atom stereocenters. The number of hydrogen-bond acceptors (Lipinski definition) is 8. The van der Waals surface area contributed by atoms with Gasteiger partial charge in [-0.25, -0.2) is 4.39 Å². The molecule has 1 fully saturated rings. The van der Waals surface area contributed by atoms with Crippen LogP contribution in [0.25, 0.3) is 17.1 Å². The number of phenolic OH excluding ortho intramolecular Hbond substituents is 1. The third-order valence-electron chi connectivity index (χ3n) is 6.02. The van der Waals surface area contributed by atoms with Gasteiger partial charge in [0, 0.05) is 48.7 Å². The van der Waals surface area contributed by atoms with Crippen LogP contribution in [0.2, 0.25) is 0 Å². The molecule has 0 unspecified atom stereocenters. The number of nitrogens with zero attached hydrogens (tertiary/aromatic N) is 4. The van der Waals surface area contributed by atoms with E-state index >= 15 is 4.39 Å². The Kier molecular flexibility index (Phi) is 7.20. The minimum atomic E-state index is -0.501. The van der Waals surface area contributed by atoms with Crippen LogP contribution in [0.4, 0.5) is 15.8 Å². The summed E-state index contributed by atoms with van der Waals surface area (Å²) in [5, 5.41) is 30.1. The normalized spacial score (nSPS) is 13.8. The molecule has 3 aromatic rings. The van der Waals surface area contributed by atoms with Crippen molar-refractivity contribution in [1.82, 2.24) is 20.1 Å². The van der Waals surface area contributed by atoms with Gasteiger partial charge in [0.1, 0.15) is 11.6 Å². The maximum absolute atomic E-state index is 15.3. The Morgan fingerprint density at radius 1 is 1.25 bits per heavy atom. The molecule has 5 N–H and O–H groups in total. The third-order valence-corrected chi connectivity index (χ3v) is 6.02. The first-order valence-corrected chi connectivity index (χ1v) is 11.8. The number of nitrogen functional groups attached to an aromatic ring is 1. The molecule has 0 spiro atoms. The number of amides is 1. The molecule has 11 heteroatoms. The summed E-state index contributed by atoms with van der Waals surface area (Å²) in [6.45, 7) is 8.03. The molecule has 0 saturated carbocycles. The Morgan fingerprint density at radius 2 is 1.97 bits per heavy atom. The van der Waals surface area contributed by atoms with Crippen LogP contribution in [0.3, 0.4) is 0 Å². The van der Waals surface area contributed by atoms with Crippen molar-refractivity contribution in [3.63, 3.8) is 0 Å². The Balaban J connectivity index is 1.88. The predicted molar refractivity (Wildman–Crippen MR) is 136 cm³/mol. The lowest BCUT2D eigenvalue weighted by molar-refractivity contribution is 0.0943. The number of benzene rings is 2. The van der Waals surface area contributed by atoms with Crippen LogP contribution in [0.1, 0.15) is 37.0 Å². The summed E-state index contributed by atoms with van der Waals surface area (Å²) < 4.78 is 22.1. The number of anilines is 2. The van der Waals surface area contributed by atoms with E-state index in [2.05, 4.69) is 15.5 Å². The summed E-state index contributed by atoms with van der Waals surface area (Å²) in [5.41, 5.74) is 7.99. The number of hydrogen-bond donors (Lipinski definition) is 4. The fourth-order valence-corrected chi connectivity index (χ4v) is 4.11. The smallest absolute Gasteiger partial charge is 0.289 e. The molecule has 1 aliphatic rings. The van der Waals surface area contributed by atoms with Gasteiger partial charge in [-0.1, -0.05) is 13.8 Å². The van der Waals surface area contributed by atoms with E-state index in [1.165, 1.54) is 16.7 Å². The highest BCUT2D eigenvalue weighted by Crippen LogP contribution is 2.35. The molecule has 1 aliphatic heterocycles. The molecule has 1 aromatic heterocycles. The van der Waals surface area contributed by atoms with Crippen LogP contribution in [-0.4, -0.2) is 64.3 Å². The predicted octanol–water partition coefficient (Wildman–Crippen LogP) is 2.97. The fourth-order valence-electron chi connectivity index (χ4n) is 4.11. The van der Waals surface area contributed by atoms with Crippen LogP contribution in [0.5, 0.6) is 5.75 Å². The molecule has 1 amide bonds. The first-order valence-electron chi connectivity index (χ1n) is 11.8. The fraction of sp³-hybridized carbons (Fsp3) is 0.360. The zero-order chi connectivity index (χ0) is 26.0. The Morgan fingerprint density at radius 3 is 2.61 bits per heavy atom. The number of aromatic hydroxyl groups is 1. The Hall–Kier alpha value is -3.99. The molecule has 190 valence electrons. The standard InChI is InChI=1S/C25H30FN7O3/c1-4-29-25(35)24-31-30-23(17-12-16(22(28)14(2)3)19(27)13-21(17)34)33(24)15-5-6-20(18(26)11-15)32-7-9-36-10-8-32/h5-6,11-14,28,34H,4,7-10,27H2,1-3H3,(H,29,35). The van der Waals surface area contributed by atoms with E-state index in [9.17, 15) is 9.90 Å². The number of carbonyl (C=O) groups excluding carboxylic acids is 1. The summed E-state index contributed by atoms with van der Waals surface area (Å²) in [4.78, 5) is 14.7. The maximum atomic E-state index is 15.3. The van der Waals surface area contributed by atoms with Gasteiger partial charge < -0.3 is 31.2 Å². The molecule has 1 saturated heterocycles. The van der Waals surface area contributed by atoms with Gasteiger partial charge in [0.25, 0.3) is 5.91 Å². The van der Waals surface area contributed by atoms with Crippen molar-refractivity contribution in [1.29, 1.82) is 5.41 Å². The second-order valence-corrected chi connectivity index (χ2v) is 8.80. The molecule has 0 aliphatic carbocycles. The van der Waals surface area contributed by atoms with E-state index in [0.717, 1.165) is 0 Å².